The Bertz CT molecular complexity index is 1100. The number of aryl methyl sites for hydroxylation is 1. The standard InChI is InChI=1S/C22H24N4O2/c1-14(2)13-16-9-11-17(12-10-16)15(3)23-24-21(27)20-18-7-5-6-8-19(18)22(28)26(4)25-20/h5-12,14H,13H2,1-4H3,(H,24,27)/b23-15-. The molecular weight excluding hydrogens is 352 g/mol. The fraction of sp³-hybridized carbons (Fsp3) is 0.273. The summed E-state index contributed by atoms with van der Waals surface area (Å²) < 4.78 is 1.17. The number of hydrogen-bond acceptors (Lipinski definition) is 4. The first-order valence-corrected chi connectivity index (χ1v) is 9.27. The normalized spacial score (nSPS) is 11.8. The molecule has 3 aromatic rings. The highest BCUT2D eigenvalue weighted by Gasteiger charge is 2.15. The van der Waals surface area contributed by atoms with E-state index in [9.17, 15) is 9.59 Å². The van der Waals surface area contributed by atoms with Crippen molar-refractivity contribution in [1.82, 2.24) is 15.2 Å². The van der Waals surface area contributed by atoms with E-state index in [4.69, 9.17) is 0 Å². The average molecular weight is 376 g/mol. The summed E-state index contributed by atoms with van der Waals surface area (Å²) in [7, 11) is 1.53. The third kappa shape index (κ3) is 4.17. The van der Waals surface area contributed by atoms with E-state index in [1.807, 2.05) is 19.1 Å². The van der Waals surface area contributed by atoms with Gasteiger partial charge in [0.25, 0.3) is 11.5 Å². The smallest absolute Gasteiger partial charge is 0.267 e. The van der Waals surface area contributed by atoms with Crippen LogP contribution in [0.5, 0.6) is 0 Å². The SMILES string of the molecule is C/C(=N/NC(=O)c1nn(C)c(=O)c2ccccc12)c1ccc(CC(C)C)cc1. The van der Waals surface area contributed by atoms with Gasteiger partial charge in [-0.2, -0.15) is 10.2 Å². The summed E-state index contributed by atoms with van der Waals surface area (Å²) in [6.07, 6.45) is 1.03. The van der Waals surface area contributed by atoms with Crippen molar-refractivity contribution < 1.29 is 4.79 Å². The predicted octanol–water partition coefficient (Wildman–Crippen LogP) is 3.29. The fourth-order valence-electron chi connectivity index (χ4n) is 3.07. The number of hydrazone groups is 1. The lowest BCUT2D eigenvalue weighted by molar-refractivity contribution is 0.0949. The molecule has 144 valence electrons. The van der Waals surface area contributed by atoms with Crippen molar-refractivity contribution in [2.45, 2.75) is 27.2 Å². The van der Waals surface area contributed by atoms with Crippen LogP contribution in [0.25, 0.3) is 10.8 Å². The summed E-state index contributed by atoms with van der Waals surface area (Å²) in [4.78, 5) is 24.8. The topological polar surface area (TPSA) is 76.3 Å². The first-order valence-electron chi connectivity index (χ1n) is 9.27. The summed E-state index contributed by atoms with van der Waals surface area (Å²) in [6, 6.07) is 15.1. The second-order valence-corrected chi connectivity index (χ2v) is 7.26. The molecule has 0 saturated carbocycles. The van der Waals surface area contributed by atoms with Crippen molar-refractivity contribution >= 4 is 22.4 Å². The number of aromatic nitrogens is 2. The number of carbonyl (C=O) groups is 1. The predicted molar refractivity (Wildman–Crippen MR) is 112 cm³/mol. The molecule has 0 aliphatic carbocycles. The Hall–Kier alpha value is -3.28. The molecule has 6 nitrogen and oxygen atoms in total. The Balaban J connectivity index is 1.83. The second-order valence-electron chi connectivity index (χ2n) is 7.26. The molecule has 1 heterocycles. The minimum atomic E-state index is -0.456. The Labute approximate surface area is 163 Å². The Morgan fingerprint density at radius 1 is 1.11 bits per heavy atom. The van der Waals surface area contributed by atoms with E-state index in [0.717, 1.165) is 12.0 Å². The minimum Gasteiger partial charge on any atom is -0.267 e. The maximum absolute atomic E-state index is 12.6. The summed E-state index contributed by atoms with van der Waals surface area (Å²) >= 11 is 0. The van der Waals surface area contributed by atoms with Gasteiger partial charge in [-0.3, -0.25) is 9.59 Å². The zero-order chi connectivity index (χ0) is 20.3. The van der Waals surface area contributed by atoms with Gasteiger partial charge < -0.3 is 0 Å². The third-order valence-electron chi connectivity index (χ3n) is 4.51. The van der Waals surface area contributed by atoms with Gasteiger partial charge in [0.2, 0.25) is 0 Å². The van der Waals surface area contributed by atoms with Crippen molar-refractivity contribution in [3.05, 3.63) is 75.7 Å². The van der Waals surface area contributed by atoms with E-state index in [0.29, 0.717) is 22.4 Å². The highest BCUT2D eigenvalue weighted by Crippen LogP contribution is 2.13. The molecular formula is C22H24N4O2. The van der Waals surface area contributed by atoms with Crippen molar-refractivity contribution in [3.63, 3.8) is 0 Å². The number of amides is 1. The molecule has 28 heavy (non-hydrogen) atoms. The zero-order valence-corrected chi connectivity index (χ0v) is 16.6. The summed E-state index contributed by atoms with van der Waals surface area (Å²) in [6.45, 7) is 6.21. The summed E-state index contributed by atoms with van der Waals surface area (Å²) in [5, 5.41) is 9.28. The quantitative estimate of drug-likeness (QED) is 0.548. The van der Waals surface area contributed by atoms with Crippen LogP contribution >= 0.6 is 0 Å². The molecule has 0 aliphatic rings. The maximum Gasteiger partial charge on any atom is 0.292 e. The van der Waals surface area contributed by atoms with E-state index in [1.54, 1.807) is 24.3 Å². The molecule has 3 rings (SSSR count). The van der Waals surface area contributed by atoms with E-state index in [1.165, 1.54) is 17.3 Å². The lowest BCUT2D eigenvalue weighted by Crippen LogP contribution is -2.27. The van der Waals surface area contributed by atoms with Gasteiger partial charge in [-0.05, 0) is 36.5 Å². The van der Waals surface area contributed by atoms with Gasteiger partial charge in [-0.1, -0.05) is 56.3 Å². The molecule has 0 aliphatic heterocycles. The number of fused-ring (bicyclic) bond motifs is 1. The van der Waals surface area contributed by atoms with Crippen molar-refractivity contribution in [3.8, 4) is 0 Å². The highest BCUT2D eigenvalue weighted by molar-refractivity contribution is 6.06. The van der Waals surface area contributed by atoms with Gasteiger partial charge in [0, 0.05) is 12.4 Å². The van der Waals surface area contributed by atoms with Gasteiger partial charge in [-0.15, -0.1) is 0 Å². The van der Waals surface area contributed by atoms with Crippen LogP contribution in [-0.2, 0) is 13.5 Å². The van der Waals surface area contributed by atoms with Gasteiger partial charge in [0.15, 0.2) is 5.69 Å². The van der Waals surface area contributed by atoms with Gasteiger partial charge in [0.05, 0.1) is 11.1 Å². The van der Waals surface area contributed by atoms with Gasteiger partial charge in [0.1, 0.15) is 0 Å². The Morgan fingerprint density at radius 2 is 1.75 bits per heavy atom. The number of rotatable bonds is 5. The molecule has 0 atom stereocenters. The molecule has 6 heteroatoms. The fourth-order valence-corrected chi connectivity index (χ4v) is 3.07. The minimum absolute atomic E-state index is 0.168. The molecule has 2 aromatic carbocycles. The Kier molecular flexibility index (Phi) is 5.68. The van der Waals surface area contributed by atoms with Gasteiger partial charge in [-0.25, -0.2) is 10.1 Å². The molecule has 0 radical (unpaired) electrons. The van der Waals surface area contributed by atoms with E-state index < -0.39 is 5.91 Å². The molecule has 0 spiro atoms. The highest BCUT2D eigenvalue weighted by atomic mass is 16.2. The molecule has 1 amide bonds. The van der Waals surface area contributed by atoms with Crippen LogP contribution in [0, 0.1) is 5.92 Å². The van der Waals surface area contributed by atoms with Crippen LogP contribution < -0.4 is 11.0 Å². The molecule has 1 N–H and O–H groups in total. The number of carbonyl (C=O) groups excluding carboxylic acids is 1. The third-order valence-corrected chi connectivity index (χ3v) is 4.51. The number of hydrogen-bond donors (Lipinski definition) is 1. The summed E-state index contributed by atoms with van der Waals surface area (Å²) in [5.74, 6) is 0.145. The van der Waals surface area contributed by atoms with Crippen molar-refractivity contribution in [2.24, 2.45) is 18.1 Å². The lowest BCUT2D eigenvalue weighted by Gasteiger charge is -2.08. The van der Waals surface area contributed by atoms with E-state index in [2.05, 4.69) is 41.6 Å². The van der Waals surface area contributed by atoms with Crippen LogP contribution in [-0.4, -0.2) is 21.4 Å². The number of nitrogens with one attached hydrogen (secondary N) is 1. The average Bonchev–Trinajstić information content (AvgIpc) is 2.68. The number of nitrogens with zero attached hydrogens (tertiary/aromatic N) is 3. The maximum atomic E-state index is 12.6. The van der Waals surface area contributed by atoms with Crippen LogP contribution in [0.4, 0.5) is 0 Å². The van der Waals surface area contributed by atoms with E-state index >= 15 is 0 Å². The van der Waals surface area contributed by atoms with Gasteiger partial charge >= 0.3 is 0 Å². The molecule has 0 unspecified atom stereocenters. The monoisotopic (exact) mass is 376 g/mol. The zero-order valence-electron chi connectivity index (χ0n) is 16.6. The second kappa shape index (κ2) is 8.17. The van der Waals surface area contributed by atoms with Crippen LogP contribution in [0.2, 0.25) is 0 Å². The molecule has 1 aromatic heterocycles. The van der Waals surface area contributed by atoms with Crippen LogP contribution in [0.3, 0.4) is 0 Å². The molecule has 0 fully saturated rings. The van der Waals surface area contributed by atoms with E-state index in [-0.39, 0.29) is 11.3 Å². The molecule has 0 bridgehead atoms. The number of benzene rings is 2. The van der Waals surface area contributed by atoms with Crippen LogP contribution in [0.15, 0.2) is 58.4 Å². The lowest BCUT2D eigenvalue weighted by atomic mass is 10.0. The Morgan fingerprint density at radius 3 is 2.39 bits per heavy atom. The summed E-state index contributed by atoms with van der Waals surface area (Å²) in [5.41, 5.74) is 5.38. The van der Waals surface area contributed by atoms with Crippen molar-refractivity contribution in [2.75, 3.05) is 0 Å². The first-order chi connectivity index (χ1) is 13.4. The van der Waals surface area contributed by atoms with Crippen LogP contribution in [0.1, 0.15) is 42.4 Å². The first kappa shape index (κ1) is 19.5. The van der Waals surface area contributed by atoms with Crippen molar-refractivity contribution in [1.29, 1.82) is 0 Å². The molecule has 0 saturated heterocycles. The largest absolute Gasteiger partial charge is 0.292 e.